The second kappa shape index (κ2) is 4.91. The summed E-state index contributed by atoms with van der Waals surface area (Å²) in [6, 6.07) is 10.2. The summed E-state index contributed by atoms with van der Waals surface area (Å²) in [4.78, 5) is 0. The van der Waals surface area contributed by atoms with Crippen molar-refractivity contribution in [3.05, 3.63) is 35.9 Å². The van der Waals surface area contributed by atoms with Crippen molar-refractivity contribution in [1.29, 1.82) is 0 Å². The average molecular weight is 165 g/mol. The van der Waals surface area contributed by atoms with Crippen LogP contribution in [0.25, 0.3) is 0 Å². The molecule has 0 radical (unpaired) electrons. The van der Waals surface area contributed by atoms with Crippen LogP contribution in [0.5, 0.6) is 0 Å². The Morgan fingerprint density at radius 2 is 2.00 bits per heavy atom. The van der Waals surface area contributed by atoms with Gasteiger partial charge in [-0.2, -0.15) is 0 Å². The summed E-state index contributed by atoms with van der Waals surface area (Å²) < 4.78 is 5.36. The topological polar surface area (TPSA) is 35.2 Å². The van der Waals surface area contributed by atoms with Gasteiger partial charge in [0.05, 0.1) is 13.2 Å². The first-order valence-corrected chi connectivity index (χ1v) is 4.16. The Hall–Kier alpha value is -0.860. The van der Waals surface area contributed by atoms with E-state index in [0.29, 0.717) is 13.2 Å². The summed E-state index contributed by atoms with van der Waals surface area (Å²) in [6.45, 7) is 3.21. The standard InChI is InChI=1S/C10H15NO/c1-9(11)7-12-8-10-5-3-2-4-6-10/h2-6,9H,7-8,11H2,1H3/t9-/m0/s1. The van der Waals surface area contributed by atoms with Crippen LogP contribution in [-0.2, 0) is 11.3 Å². The van der Waals surface area contributed by atoms with Gasteiger partial charge in [-0.1, -0.05) is 30.3 Å². The van der Waals surface area contributed by atoms with Crippen molar-refractivity contribution in [1.82, 2.24) is 0 Å². The van der Waals surface area contributed by atoms with Crippen molar-refractivity contribution >= 4 is 0 Å². The van der Waals surface area contributed by atoms with Crippen molar-refractivity contribution in [2.24, 2.45) is 5.73 Å². The van der Waals surface area contributed by atoms with Crippen LogP contribution >= 0.6 is 0 Å². The Balaban J connectivity index is 2.25. The molecule has 1 aromatic rings. The fourth-order valence-electron chi connectivity index (χ4n) is 0.937. The van der Waals surface area contributed by atoms with E-state index >= 15 is 0 Å². The van der Waals surface area contributed by atoms with Crippen LogP contribution in [0.2, 0.25) is 0 Å². The number of rotatable bonds is 4. The lowest BCUT2D eigenvalue weighted by atomic mass is 10.2. The molecular formula is C10H15NO. The first-order chi connectivity index (χ1) is 5.79. The minimum absolute atomic E-state index is 0.119. The maximum Gasteiger partial charge on any atom is 0.0717 e. The van der Waals surface area contributed by atoms with Gasteiger partial charge in [0.2, 0.25) is 0 Å². The molecule has 66 valence electrons. The molecule has 12 heavy (non-hydrogen) atoms. The third-order valence-corrected chi connectivity index (χ3v) is 1.49. The fraction of sp³-hybridized carbons (Fsp3) is 0.400. The maximum atomic E-state index is 5.53. The molecule has 2 N–H and O–H groups in total. The molecule has 0 spiro atoms. The van der Waals surface area contributed by atoms with Crippen molar-refractivity contribution in [2.45, 2.75) is 19.6 Å². The molecule has 0 saturated heterocycles. The van der Waals surface area contributed by atoms with Gasteiger partial charge < -0.3 is 10.5 Å². The van der Waals surface area contributed by atoms with Crippen LogP contribution in [-0.4, -0.2) is 12.6 Å². The van der Waals surface area contributed by atoms with Gasteiger partial charge >= 0.3 is 0 Å². The summed E-state index contributed by atoms with van der Waals surface area (Å²) in [5, 5.41) is 0. The lowest BCUT2D eigenvalue weighted by Gasteiger charge is -2.06. The molecule has 0 unspecified atom stereocenters. The molecule has 0 bridgehead atoms. The normalized spacial score (nSPS) is 12.8. The van der Waals surface area contributed by atoms with Crippen LogP contribution in [0.4, 0.5) is 0 Å². The molecule has 0 saturated carbocycles. The Morgan fingerprint density at radius 1 is 1.33 bits per heavy atom. The highest BCUT2D eigenvalue weighted by atomic mass is 16.5. The Bertz CT molecular complexity index is 208. The van der Waals surface area contributed by atoms with Crippen molar-refractivity contribution in [3.8, 4) is 0 Å². The first kappa shape index (κ1) is 9.23. The van der Waals surface area contributed by atoms with Gasteiger partial charge in [0.15, 0.2) is 0 Å². The van der Waals surface area contributed by atoms with Crippen LogP contribution in [0.3, 0.4) is 0 Å². The van der Waals surface area contributed by atoms with E-state index in [-0.39, 0.29) is 6.04 Å². The second-order valence-corrected chi connectivity index (χ2v) is 2.98. The van der Waals surface area contributed by atoms with Crippen molar-refractivity contribution in [3.63, 3.8) is 0 Å². The number of ether oxygens (including phenoxy) is 1. The lowest BCUT2D eigenvalue weighted by Crippen LogP contribution is -2.21. The summed E-state index contributed by atoms with van der Waals surface area (Å²) in [5.74, 6) is 0. The van der Waals surface area contributed by atoms with E-state index in [0.717, 1.165) is 0 Å². The van der Waals surface area contributed by atoms with Gasteiger partial charge in [0, 0.05) is 6.04 Å². The summed E-state index contributed by atoms with van der Waals surface area (Å²) >= 11 is 0. The van der Waals surface area contributed by atoms with Gasteiger partial charge in [-0.05, 0) is 12.5 Å². The smallest absolute Gasteiger partial charge is 0.0717 e. The molecular weight excluding hydrogens is 150 g/mol. The number of benzene rings is 1. The fourth-order valence-corrected chi connectivity index (χ4v) is 0.937. The molecule has 0 amide bonds. The highest BCUT2D eigenvalue weighted by molar-refractivity contribution is 5.13. The molecule has 1 aromatic carbocycles. The van der Waals surface area contributed by atoms with E-state index in [2.05, 4.69) is 0 Å². The molecule has 2 heteroatoms. The largest absolute Gasteiger partial charge is 0.375 e. The molecule has 2 nitrogen and oxygen atoms in total. The molecule has 0 aromatic heterocycles. The molecule has 0 heterocycles. The highest BCUT2D eigenvalue weighted by Crippen LogP contribution is 2.00. The SMILES string of the molecule is C[C@H](N)COCc1ccccc1. The average Bonchev–Trinajstić information content (AvgIpc) is 2.05. The Labute approximate surface area is 73.3 Å². The molecule has 0 aliphatic rings. The third-order valence-electron chi connectivity index (χ3n) is 1.49. The summed E-state index contributed by atoms with van der Waals surface area (Å²) in [5.41, 5.74) is 6.72. The number of hydrogen-bond donors (Lipinski definition) is 1. The summed E-state index contributed by atoms with van der Waals surface area (Å²) in [7, 11) is 0. The molecule has 0 fully saturated rings. The molecule has 0 aliphatic heterocycles. The number of nitrogens with two attached hydrogens (primary N) is 1. The Morgan fingerprint density at radius 3 is 2.58 bits per heavy atom. The van der Waals surface area contributed by atoms with E-state index in [1.807, 2.05) is 37.3 Å². The van der Waals surface area contributed by atoms with Crippen LogP contribution in [0, 0.1) is 0 Å². The highest BCUT2D eigenvalue weighted by Gasteiger charge is 1.94. The minimum Gasteiger partial charge on any atom is -0.375 e. The first-order valence-electron chi connectivity index (χ1n) is 4.16. The predicted octanol–water partition coefficient (Wildman–Crippen LogP) is 1.55. The number of hydrogen-bond acceptors (Lipinski definition) is 2. The lowest BCUT2D eigenvalue weighted by molar-refractivity contribution is 0.111. The van der Waals surface area contributed by atoms with Gasteiger partial charge in [-0.25, -0.2) is 0 Å². The molecule has 1 rings (SSSR count). The minimum atomic E-state index is 0.119. The molecule has 0 aliphatic carbocycles. The zero-order valence-electron chi connectivity index (χ0n) is 7.36. The van der Waals surface area contributed by atoms with Crippen LogP contribution in [0.1, 0.15) is 12.5 Å². The van der Waals surface area contributed by atoms with Gasteiger partial charge in [-0.15, -0.1) is 0 Å². The van der Waals surface area contributed by atoms with Gasteiger partial charge in [-0.3, -0.25) is 0 Å². The van der Waals surface area contributed by atoms with Crippen LogP contribution < -0.4 is 5.73 Å². The van der Waals surface area contributed by atoms with Gasteiger partial charge in [0.25, 0.3) is 0 Å². The van der Waals surface area contributed by atoms with Crippen LogP contribution in [0.15, 0.2) is 30.3 Å². The quantitative estimate of drug-likeness (QED) is 0.734. The Kier molecular flexibility index (Phi) is 3.77. The summed E-state index contributed by atoms with van der Waals surface area (Å²) in [6.07, 6.45) is 0. The zero-order valence-corrected chi connectivity index (χ0v) is 7.36. The van der Waals surface area contributed by atoms with E-state index in [1.165, 1.54) is 5.56 Å². The van der Waals surface area contributed by atoms with E-state index in [1.54, 1.807) is 0 Å². The maximum absolute atomic E-state index is 5.53. The second-order valence-electron chi connectivity index (χ2n) is 2.98. The van der Waals surface area contributed by atoms with Crippen molar-refractivity contribution < 1.29 is 4.74 Å². The zero-order chi connectivity index (χ0) is 8.81. The van der Waals surface area contributed by atoms with Gasteiger partial charge in [0.1, 0.15) is 0 Å². The van der Waals surface area contributed by atoms with E-state index < -0.39 is 0 Å². The third kappa shape index (κ3) is 3.51. The van der Waals surface area contributed by atoms with Crippen molar-refractivity contribution in [2.75, 3.05) is 6.61 Å². The van der Waals surface area contributed by atoms with E-state index in [9.17, 15) is 0 Å². The van der Waals surface area contributed by atoms with E-state index in [4.69, 9.17) is 10.5 Å². The molecule has 1 atom stereocenters. The predicted molar refractivity (Wildman–Crippen MR) is 49.7 cm³/mol. The monoisotopic (exact) mass is 165 g/mol.